The first kappa shape index (κ1) is 10.6. The molecule has 1 aromatic carbocycles. The Labute approximate surface area is 85.1 Å². The second kappa shape index (κ2) is 5.29. The van der Waals surface area contributed by atoms with Gasteiger partial charge >= 0.3 is 0 Å². The molecule has 0 atom stereocenters. The third kappa shape index (κ3) is 3.49. The number of aryl methyl sites for hydroxylation is 1. The second-order valence-corrected chi connectivity index (χ2v) is 3.47. The van der Waals surface area contributed by atoms with Crippen LogP contribution in [0.2, 0.25) is 0 Å². The monoisotopic (exact) mass is 189 g/mol. The Kier molecular flexibility index (Phi) is 4.00. The average Bonchev–Trinajstić information content (AvgIpc) is 2.16. The maximum Gasteiger partial charge on any atom is 0.119 e. The molecule has 0 aliphatic carbocycles. The Bertz CT molecular complexity index is 308. The first-order valence-electron chi connectivity index (χ1n) is 4.85. The van der Waals surface area contributed by atoms with Gasteiger partial charge in [-0.05, 0) is 38.0 Å². The predicted molar refractivity (Wildman–Crippen MR) is 56.1 cm³/mol. The first-order valence-corrected chi connectivity index (χ1v) is 4.85. The highest BCUT2D eigenvalue weighted by Crippen LogP contribution is 2.14. The minimum absolute atomic E-state index is 0.208. The summed E-state index contributed by atoms with van der Waals surface area (Å²) in [6.45, 7) is 4.01. The van der Waals surface area contributed by atoms with Crippen LogP contribution in [0.4, 0.5) is 0 Å². The summed E-state index contributed by atoms with van der Waals surface area (Å²) < 4.78 is 5.51. The summed E-state index contributed by atoms with van der Waals surface area (Å²) in [6, 6.07) is 10.1. The molecule has 0 amide bonds. The molecule has 74 valence electrons. The van der Waals surface area contributed by atoms with Gasteiger partial charge in [-0.25, -0.2) is 0 Å². The van der Waals surface area contributed by atoms with Crippen LogP contribution in [0.5, 0.6) is 5.75 Å². The Morgan fingerprint density at radius 3 is 2.43 bits per heavy atom. The van der Waals surface area contributed by atoms with E-state index in [9.17, 15) is 0 Å². The van der Waals surface area contributed by atoms with E-state index in [0.29, 0.717) is 6.42 Å². The summed E-state index contributed by atoms with van der Waals surface area (Å²) in [6.07, 6.45) is 1.60. The smallest absolute Gasteiger partial charge is 0.119 e. The third-order valence-electron chi connectivity index (χ3n) is 1.82. The topological polar surface area (TPSA) is 33.0 Å². The molecule has 0 bridgehead atoms. The maximum absolute atomic E-state index is 8.43. The number of nitriles is 1. The largest absolute Gasteiger partial charge is 0.491 e. The van der Waals surface area contributed by atoms with Gasteiger partial charge in [0.2, 0.25) is 0 Å². The standard InChI is InChI=1S/C12H15NO/c1-10(2)14-12-7-5-11(6-8-12)4-3-9-13/h5-8,10H,3-4H2,1-2H3. The van der Waals surface area contributed by atoms with E-state index in [1.807, 2.05) is 38.1 Å². The molecule has 1 rings (SSSR count). The lowest BCUT2D eigenvalue weighted by Gasteiger charge is -2.09. The predicted octanol–water partition coefficient (Wildman–Crippen LogP) is 2.93. The van der Waals surface area contributed by atoms with Gasteiger partial charge in [-0.15, -0.1) is 0 Å². The van der Waals surface area contributed by atoms with Crippen molar-refractivity contribution in [2.24, 2.45) is 0 Å². The van der Waals surface area contributed by atoms with Gasteiger partial charge in [-0.1, -0.05) is 12.1 Å². The van der Waals surface area contributed by atoms with Crippen LogP contribution >= 0.6 is 0 Å². The van der Waals surface area contributed by atoms with E-state index in [4.69, 9.17) is 10.00 Å². The molecule has 0 N–H and O–H groups in total. The quantitative estimate of drug-likeness (QED) is 0.729. The van der Waals surface area contributed by atoms with Crippen LogP contribution in [-0.2, 0) is 6.42 Å². The molecular weight excluding hydrogens is 174 g/mol. The number of rotatable bonds is 4. The van der Waals surface area contributed by atoms with Crippen LogP contribution < -0.4 is 4.74 Å². The summed E-state index contributed by atoms with van der Waals surface area (Å²) >= 11 is 0. The molecule has 14 heavy (non-hydrogen) atoms. The highest BCUT2D eigenvalue weighted by atomic mass is 16.5. The fraction of sp³-hybridized carbons (Fsp3) is 0.417. The molecule has 0 fully saturated rings. The number of benzene rings is 1. The van der Waals surface area contributed by atoms with E-state index in [-0.39, 0.29) is 6.10 Å². The normalized spacial score (nSPS) is 9.86. The zero-order chi connectivity index (χ0) is 10.4. The van der Waals surface area contributed by atoms with Gasteiger partial charge in [0.05, 0.1) is 12.2 Å². The molecule has 0 heterocycles. The van der Waals surface area contributed by atoms with E-state index in [2.05, 4.69) is 6.07 Å². The van der Waals surface area contributed by atoms with Crippen molar-refractivity contribution >= 4 is 0 Å². The van der Waals surface area contributed by atoms with Crippen LogP contribution in [0, 0.1) is 11.3 Å². The summed E-state index contributed by atoms with van der Waals surface area (Å²) in [4.78, 5) is 0. The van der Waals surface area contributed by atoms with Crippen molar-refractivity contribution in [3.63, 3.8) is 0 Å². The number of hydrogen-bond acceptors (Lipinski definition) is 2. The van der Waals surface area contributed by atoms with E-state index in [0.717, 1.165) is 12.2 Å². The Balaban J connectivity index is 2.56. The summed E-state index contributed by atoms with van der Waals surface area (Å²) in [5.74, 6) is 0.890. The molecule has 0 saturated carbocycles. The summed E-state index contributed by atoms with van der Waals surface area (Å²) in [7, 11) is 0. The Hall–Kier alpha value is -1.49. The van der Waals surface area contributed by atoms with E-state index < -0.39 is 0 Å². The van der Waals surface area contributed by atoms with Crippen molar-refractivity contribution in [1.82, 2.24) is 0 Å². The SMILES string of the molecule is CC(C)Oc1ccc(CCC#N)cc1. The molecule has 0 unspecified atom stereocenters. The van der Waals surface area contributed by atoms with E-state index in [1.54, 1.807) is 0 Å². The van der Waals surface area contributed by atoms with Gasteiger partial charge < -0.3 is 4.74 Å². The second-order valence-electron chi connectivity index (χ2n) is 3.47. The van der Waals surface area contributed by atoms with Crippen LogP contribution in [0.25, 0.3) is 0 Å². The van der Waals surface area contributed by atoms with E-state index >= 15 is 0 Å². The highest BCUT2D eigenvalue weighted by molar-refractivity contribution is 5.27. The Morgan fingerprint density at radius 2 is 1.93 bits per heavy atom. The maximum atomic E-state index is 8.43. The summed E-state index contributed by atoms with van der Waals surface area (Å²) in [5.41, 5.74) is 1.18. The van der Waals surface area contributed by atoms with Gasteiger partial charge in [0.15, 0.2) is 0 Å². The van der Waals surface area contributed by atoms with Crippen LogP contribution in [0.15, 0.2) is 24.3 Å². The van der Waals surface area contributed by atoms with Crippen LogP contribution in [0.1, 0.15) is 25.8 Å². The van der Waals surface area contributed by atoms with Crippen molar-refractivity contribution in [2.45, 2.75) is 32.8 Å². The van der Waals surface area contributed by atoms with Crippen molar-refractivity contribution < 1.29 is 4.74 Å². The number of nitrogens with zero attached hydrogens (tertiary/aromatic N) is 1. The molecule has 2 heteroatoms. The van der Waals surface area contributed by atoms with Gasteiger partial charge in [-0.2, -0.15) is 5.26 Å². The van der Waals surface area contributed by atoms with Crippen LogP contribution in [0.3, 0.4) is 0 Å². The summed E-state index contributed by atoms with van der Waals surface area (Å²) in [5, 5.41) is 8.43. The molecule has 0 spiro atoms. The highest BCUT2D eigenvalue weighted by Gasteiger charge is 1.97. The Morgan fingerprint density at radius 1 is 1.29 bits per heavy atom. The molecule has 0 aliphatic rings. The van der Waals surface area contributed by atoms with Gasteiger partial charge in [0.1, 0.15) is 5.75 Å². The molecule has 0 aliphatic heterocycles. The molecule has 2 nitrogen and oxygen atoms in total. The van der Waals surface area contributed by atoms with Gasteiger partial charge in [0.25, 0.3) is 0 Å². The van der Waals surface area contributed by atoms with Crippen molar-refractivity contribution in [3.8, 4) is 11.8 Å². The molecule has 0 radical (unpaired) electrons. The minimum Gasteiger partial charge on any atom is -0.491 e. The van der Waals surface area contributed by atoms with Gasteiger partial charge in [-0.3, -0.25) is 0 Å². The van der Waals surface area contributed by atoms with Crippen LogP contribution in [-0.4, -0.2) is 6.10 Å². The van der Waals surface area contributed by atoms with Crippen molar-refractivity contribution in [1.29, 1.82) is 5.26 Å². The minimum atomic E-state index is 0.208. The zero-order valence-electron chi connectivity index (χ0n) is 8.66. The molecule has 1 aromatic rings. The number of hydrogen-bond donors (Lipinski definition) is 0. The average molecular weight is 189 g/mol. The van der Waals surface area contributed by atoms with Crippen molar-refractivity contribution in [2.75, 3.05) is 0 Å². The zero-order valence-corrected chi connectivity index (χ0v) is 8.66. The third-order valence-corrected chi connectivity index (χ3v) is 1.82. The van der Waals surface area contributed by atoms with Crippen molar-refractivity contribution in [3.05, 3.63) is 29.8 Å². The molecular formula is C12H15NO. The fourth-order valence-electron chi connectivity index (χ4n) is 1.21. The molecule has 0 aromatic heterocycles. The lowest BCUT2D eigenvalue weighted by Crippen LogP contribution is -2.05. The lowest BCUT2D eigenvalue weighted by atomic mass is 10.1. The van der Waals surface area contributed by atoms with E-state index in [1.165, 1.54) is 5.56 Å². The molecule has 0 saturated heterocycles. The lowest BCUT2D eigenvalue weighted by molar-refractivity contribution is 0.242. The fourth-order valence-corrected chi connectivity index (χ4v) is 1.21. The number of ether oxygens (including phenoxy) is 1. The first-order chi connectivity index (χ1) is 6.72. The van der Waals surface area contributed by atoms with Gasteiger partial charge in [0, 0.05) is 6.42 Å².